The van der Waals surface area contributed by atoms with Crippen LogP contribution in [-0.4, -0.2) is 65.2 Å². The van der Waals surface area contributed by atoms with Crippen molar-refractivity contribution in [1.82, 2.24) is 14.8 Å². The molecule has 1 aromatic heterocycles. The normalized spacial score (nSPS) is 28.9. The minimum absolute atomic E-state index is 0.0197. The summed E-state index contributed by atoms with van der Waals surface area (Å²) in [6.45, 7) is 5.89. The fraction of sp³-hybridized carbons (Fsp3) is 0.613. The van der Waals surface area contributed by atoms with Gasteiger partial charge in [-0.15, -0.1) is 0 Å². The van der Waals surface area contributed by atoms with Gasteiger partial charge in [0.05, 0.1) is 24.2 Å². The van der Waals surface area contributed by atoms with Gasteiger partial charge in [-0.2, -0.15) is 13.2 Å². The van der Waals surface area contributed by atoms with Crippen LogP contribution >= 0.6 is 0 Å². The Morgan fingerprint density at radius 2 is 1.93 bits per heavy atom. The molecule has 3 fully saturated rings. The maximum absolute atomic E-state index is 14.0. The van der Waals surface area contributed by atoms with E-state index in [1.165, 1.54) is 6.07 Å². The third-order valence-corrected chi connectivity index (χ3v) is 9.92. The molecule has 6 rings (SSSR count). The third-order valence-electron chi connectivity index (χ3n) is 9.92. The van der Waals surface area contributed by atoms with Crippen molar-refractivity contribution < 1.29 is 27.4 Å². The van der Waals surface area contributed by atoms with Crippen molar-refractivity contribution in [3.05, 3.63) is 65.0 Å². The quantitative estimate of drug-likeness (QED) is 0.436. The van der Waals surface area contributed by atoms with Gasteiger partial charge in [-0.3, -0.25) is 14.7 Å². The van der Waals surface area contributed by atoms with Gasteiger partial charge < -0.3 is 14.4 Å². The Labute approximate surface area is 233 Å². The lowest BCUT2D eigenvalue weighted by molar-refractivity contribution is -0.138. The average Bonchev–Trinajstić information content (AvgIpc) is 3.49. The lowest BCUT2D eigenvalue weighted by atomic mass is 9.73. The Morgan fingerprint density at radius 3 is 2.67 bits per heavy atom. The van der Waals surface area contributed by atoms with E-state index in [4.69, 9.17) is 9.47 Å². The van der Waals surface area contributed by atoms with Crippen LogP contribution in [-0.2, 0) is 40.0 Å². The summed E-state index contributed by atoms with van der Waals surface area (Å²) in [5, 5.41) is 0. The van der Waals surface area contributed by atoms with Crippen LogP contribution in [0.1, 0.15) is 61.4 Å². The van der Waals surface area contributed by atoms with E-state index in [1.807, 2.05) is 23.1 Å². The van der Waals surface area contributed by atoms with Crippen molar-refractivity contribution in [2.75, 3.05) is 26.4 Å². The van der Waals surface area contributed by atoms with Gasteiger partial charge in [-0.1, -0.05) is 37.3 Å². The van der Waals surface area contributed by atoms with Gasteiger partial charge in [0.2, 0.25) is 5.91 Å². The van der Waals surface area contributed by atoms with E-state index >= 15 is 0 Å². The van der Waals surface area contributed by atoms with E-state index in [0.717, 1.165) is 63.6 Å². The van der Waals surface area contributed by atoms with Crippen molar-refractivity contribution >= 4 is 5.91 Å². The monoisotopic (exact) mass is 557 g/mol. The van der Waals surface area contributed by atoms with Gasteiger partial charge in [-0.05, 0) is 55.2 Å². The third kappa shape index (κ3) is 5.16. The number of alkyl halides is 3. The molecule has 1 aliphatic carbocycles. The van der Waals surface area contributed by atoms with Crippen LogP contribution in [0.5, 0.6) is 0 Å². The number of carbonyl (C=O) groups excluding carboxylic acids is 1. The Balaban J connectivity index is 1.16. The molecule has 9 heteroatoms. The minimum Gasteiger partial charge on any atom is -0.381 e. The van der Waals surface area contributed by atoms with E-state index in [-0.39, 0.29) is 30.5 Å². The van der Waals surface area contributed by atoms with Crippen LogP contribution in [0.3, 0.4) is 0 Å². The summed E-state index contributed by atoms with van der Waals surface area (Å²) in [7, 11) is 0. The first-order valence-electron chi connectivity index (χ1n) is 14.6. The number of hydrogen-bond donors (Lipinski definition) is 0. The number of amides is 1. The number of carbonyl (C=O) groups is 1. The number of pyridine rings is 1. The Morgan fingerprint density at radius 1 is 1.15 bits per heavy atom. The Hall–Kier alpha value is -2.49. The standard InChI is InChI=1S/C31H38F3N3O3/c1-21-28-16-27-23(15-24(18-35-27)31(32,33)34)19-37(28)29(38)30(21)10-7-26(17-30)36(25-8-12-39-13-9-25)11-14-40-20-22-5-3-2-4-6-22/h2-6,15,18,21,25-26,28H,7-14,16-17,19-20H2,1H3/t21?,26-,28?,30+/m1/s1. The zero-order valence-corrected chi connectivity index (χ0v) is 23.0. The number of ether oxygens (including phenoxy) is 2. The van der Waals surface area contributed by atoms with Crippen LogP contribution in [0.2, 0.25) is 0 Å². The summed E-state index contributed by atoms with van der Waals surface area (Å²) in [4.78, 5) is 22.7. The predicted octanol–water partition coefficient (Wildman–Crippen LogP) is 5.24. The van der Waals surface area contributed by atoms with Gasteiger partial charge >= 0.3 is 6.18 Å². The molecule has 6 nitrogen and oxygen atoms in total. The lowest BCUT2D eigenvalue weighted by Gasteiger charge is -2.39. The van der Waals surface area contributed by atoms with Crippen LogP contribution in [0.4, 0.5) is 13.2 Å². The van der Waals surface area contributed by atoms with Gasteiger partial charge in [0.25, 0.3) is 0 Å². The molecule has 216 valence electrons. The van der Waals surface area contributed by atoms with Crippen LogP contribution < -0.4 is 0 Å². The van der Waals surface area contributed by atoms with Gasteiger partial charge in [0.15, 0.2) is 0 Å². The molecule has 40 heavy (non-hydrogen) atoms. The van der Waals surface area contributed by atoms with E-state index in [2.05, 4.69) is 28.9 Å². The molecule has 2 saturated heterocycles. The maximum atomic E-state index is 14.0. The maximum Gasteiger partial charge on any atom is 0.417 e. The van der Waals surface area contributed by atoms with E-state index in [1.54, 1.807) is 0 Å². The highest BCUT2D eigenvalue weighted by molar-refractivity contribution is 5.87. The zero-order valence-electron chi connectivity index (χ0n) is 23.0. The second-order valence-electron chi connectivity index (χ2n) is 12.0. The smallest absolute Gasteiger partial charge is 0.381 e. The summed E-state index contributed by atoms with van der Waals surface area (Å²) >= 11 is 0. The zero-order chi connectivity index (χ0) is 27.9. The van der Waals surface area contributed by atoms with Gasteiger partial charge in [0.1, 0.15) is 0 Å². The number of benzene rings is 1. The second kappa shape index (κ2) is 11.1. The number of fused-ring (bicyclic) bond motifs is 2. The molecule has 1 aromatic carbocycles. The average molecular weight is 558 g/mol. The molecule has 2 aromatic rings. The highest BCUT2D eigenvalue weighted by Gasteiger charge is 2.61. The molecule has 4 atom stereocenters. The van der Waals surface area contributed by atoms with E-state index in [0.29, 0.717) is 36.9 Å². The second-order valence-corrected chi connectivity index (χ2v) is 12.0. The first-order valence-corrected chi connectivity index (χ1v) is 14.6. The number of nitrogens with zero attached hydrogens (tertiary/aromatic N) is 3. The first-order chi connectivity index (χ1) is 19.3. The van der Waals surface area contributed by atoms with Crippen molar-refractivity contribution in [3.8, 4) is 0 Å². The summed E-state index contributed by atoms with van der Waals surface area (Å²) < 4.78 is 51.7. The van der Waals surface area contributed by atoms with E-state index in [9.17, 15) is 18.0 Å². The Bertz CT molecular complexity index is 1200. The van der Waals surface area contributed by atoms with Crippen molar-refractivity contribution in [2.45, 2.75) is 82.9 Å². The van der Waals surface area contributed by atoms with E-state index < -0.39 is 17.2 Å². The topological polar surface area (TPSA) is 54.9 Å². The van der Waals surface area contributed by atoms with Crippen molar-refractivity contribution in [3.63, 3.8) is 0 Å². The summed E-state index contributed by atoms with van der Waals surface area (Å²) in [5.74, 6) is 0.232. The number of hydrogen-bond acceptors (Lipinski definition) is 5. The molecule has 1 amide bonds. The molecule has 1 saturated carbocycles. The summed E-state index contributed by atoms with van der Waals surface area (Å²) in [6.07, 6.45) is 1.49. The first kappa shape index (κ1) is 27.7. The molecule has 0 bridgehead atoms. The molecule has 0 N–H and O–H groups in total. The summed E-state index contributed by atoms with van der Waals surface area (Å²) in [5.41, 5.74) is 1.15. The fourth-order valence-corrected chi connectivity index (χ4v) is 7.70. The molecule has 0 radical (unpaired) electrons. The lowest BCUT2D eigenvalue weighted by Crippen LogP contribution is -2.47. The van der Waals surface area contributed by atoms with Crippen molar-refractivity contribution in [2.24, 2.45) is 11.3 Å². The molecule has 1 spiro atoms. The largest absolute Gasteiger partial charge is 0.417 e. The molecule has 2 unspecified atom stereocenters. The molecule has 4 aliphatic rings. The number of aromatic nitrogens is 1. The summed E-state index contributed by atoms with van der Waals surface area (Å²) in [6, 6.07) is 12.0. The van der Waals surface area contributed by atoms with Crippen molar-refractivity contribution in [1.29, 1.82) is 0 Å². The number of halogens is 3. The molecular formula is C31H38F3N3O3. The highest BCUT2D eigenvalue weighted by Crippen LogP contribution is 2.55. The predicted molar refractivity (Wildman–Crippen MR) is 143 cm³/mol. The van der Waals surface area contributed by atoms with Crippen LogP contribution in [0.15, 0.2) is 42.6 Å². The molecule has 3 aliphatic heterocycles. The Kier molecular flexibility index (Phi) is 7.65. The van der Waals surface area contributed by atoms with Crippen LogP contribution in [0.25, 0.3) is 0 Å². The highest BCUT2D eigenvalue weighted by atomic mass is 19.4. The van der Waals surface area contributed by atoms with Gasteiger partial charge in [0, 0.05) is 62.7 Å². The minimum atomic E-state index is -4.44. The molecule has 4 heterocycles. The fourth-order valence-electron chi connectivity index (χ4n) is 7.70. The number of rotatable bonds is 7. The SMILES string of the molecule is CC1C2Cc3ncc(C(F)(F)F)cc3CN2C(=O)[C@]12CC[C@@H](N(CCOCc1ccccc1)C1CCOCC1)C2. The molecular weight excluding hydrogens is 519 g/mol. The van der Waals surface area contributed by atoms with Gasteiger partial charge in [-0.25, -0.2) is 0 Å². The van der Waals surface area contributed by atoms with Crippen LogP contribution in [0, 0.1) is 11.3 Å².